The Kier molecular flexibility index (Phi) is 8.88. The van der Waals surface area contributed by atoms with Crippen molar-refractivity contribution in [2.45, 2.75) is 39.4 Å². The standard InChI is InChI=1S/C9H21NO2/c1-3-8-12-9(11-4-2)6-5-7-10/h9H,3-8,10H2,1-2H3. The predicted molar refractivity (Wildman–Crippen MR) is 49.9 cm³/mol. The van der Waals surface area contributed by atoms with E-state index in [4.69, 9.17) is 15.2 Å². The van der Waals surface area contributed by atoms with Crippen molar-refractivity contribution in [3.05, 3.63) is 0 Å². The number of hydrogen-bond donors (Lipinski definition) is 1. The number of ether oxygens (including phenoxy) is 2. The molecule has 0 saturated carbocycles. The Hall–Kier alpha value is -0.120. The summed E-state index contributed by atoms with van der Waals surface area (Å²) in [4.78, 5) is 0. The van der Waals surface area contributed by atoms with E-state index >= 15 is 0 Å². The molecule has 0 rings (SSSR count). The monoisotopic (exact) mass is 175 g/mol. The molecular weight excluding hydrogens is 154 g/mol. The molecule has 0 saturated heterocycles. The molecule has 0 aromatic heterocycles. The zero-order valence-electron chi connectivity index (χ0n) is 8.21. The highest BCUT2D eigenvalue weighted by atomic mass is 16.7. The summed E-state index contributed by atoms with van der Waals surface area (Å²) in [6.07, 6.45) is 2.86. The third-order valence-electron chi connectivity index (χ3n) is 1.50. The van der Waals surface area contributed by atoms with E-state index < -0.39 is 0 Å². The first kappa shape index (κ1) is 11.9. The molecule has 2 N–H and O–H groups in total. The summed E-state index contributed by atoms with van der Waals surface area (Å²) < 4.78 is 10.8. The highest BCUT2D eigenvalue weighted by molar-refractivity contribution is 4.47. The fourth-order valence-corrected chi connectivity index (χ4v) is 0.934. The zero-order chi connectivity index (χ0) is 9.23. The molecule has 1 atom stereocenters. The summed E-state index contributed by atoms with van der Waals surface area (Å²) in [6, 6.07) is 0. The Bertz CT molecular complexity index is 80.6. The smallest absolute Gasteiger partial charge is 0.157 e. The van der Waals surface area contributed by atoms with Gasteiger partial charge >= 0.3 is 0 Å². The van der Waals surface area contributed by atoms with Crippen LogP contribution in [0.5, 0.6) is 0 Å². The molecule has 0 aromatic rings. The minimum Gasteiger partial charge on any atom is -0.353 e. The van der Waals surface area contributed by atoms with Crippen LogP contribution >= 0.6 is 0 Å². The van der Waals surface area contributed by atoms with Crippen LogP contribution in [0, 0.1) is 0 Å². The lowest BCUT2D eigenvalue weighted by molar-refractivity contribution is -0.142. The van der Waals surface area contributed by atoms with Crippen molar-refractivity contribution in [3.63, 3.8) is 0 Å². The van der Waals surface area contributed by atoms with E-state index in [1.807, 2.05) is 6.92 Å². The van der Waals surface area contributed by atoms with Crippen molar-refractivity contribution in [3.8, 4) is 0 Å². The van der Waals surface area contributed by atoms with Gasteiger partial charge in [-0.25, -0.2) is 0 Å². The summed E-state index contributed by atoms with van der Waals surface area (Å²) in [6.45, 7) is 6.25. The number of hydrogen-bond acceptors (Lipinski definition) is 3. The van der Waals surface area contributed by atoms with Gasteiger partial charge in [-0.3, -0.25) is 0 Å². The van der Waals surface area contributed by atoms with Crippen molar-refractivity contribution < 1.29 is 9.47 Å². The van der Waals surface area contributed by atoms with Gasteiger partial charge in [-0.2, -0.15) is 0 Å². The molecule has 0 aliphatic carbocycles. The van der Waals surface area contributed by atoms with E-state index in [0.717, 1.165) is 25.9 Å². The molecule has 12 heavy (non-hydrogen) atoms. The van der Waals surface area contributed by atoms with E-state index in [0.29, 0.717) is 13.2 Å². The Morgan fingerprint density at radius 3 is 2.50 bits per heavy atom. The molecule has 0 heterocycles. The average Bonchev–Trinajstić information content (AvgIpc) is 2.10. The molecule has 0 radical (unpaired) electrons. The molecule has 0 aromatic carbocycles. The molecule has 0 spiro atoms. The van der Waals surface area contributed by atoms with Gasteiger partial charge in [0.2, 0.25) is 0 Å². The molecule has 3 heteroatoms. The first-order valence-electron chi connectivity index (χ1n) is 4.78. The Morgan fingerprint density at radius 2 is 2.00 bits per heavy atom. The topological polar surface area (TPSA) is 44.5 Å². The van der Waals surface area contributed by atoms with Crippen LogP contribution in [0.25, 0.3) is 0 Å². The summed E-state index contributed by atoms with van der Waals surface area (Å²) >= 11 is 0. The zero-order valence-corrected chi connectivity index (χ0v) is 8.21. The normalized spacial score (nSPS) is 13.2. The molecule has 0 fully saturated rings. The van der Waals surface area contributed by atoms with Gasteiger partial charge in [-0.05, 0) is 32.7 Å². The molecule has 1 unspecified atom stereocenters. The molecule has 74 valence electrons. The average molecular weight is 175 g/mol. The van der Waals surface area contributed by atoms with Gasteiger partial charge in [0.25, 0.3) is 0 Å². The van der Waals surface area contributed by atoms with Gasteiger partial charge < -0.3 is 15.2 Å². The van der Waals surface area contributed by atoms with Gasteiger partial charge in [-0.15, -0.1) is 0 Å². The van der Waals surface area contributed by atoms with E-state index in [9.17, 15) is 0 Å². The third-order valence-corrected chi connectivity index (χ3v) is 1.50. The molecule has 3 nitrogen and oxygen atoms in total. The summed E-state index contributed by atoms with van der Waals surface area (Å²) in [7, 11) is 0. The number of rotatable bonds is 8. The van der Waals surface area contributed by atoms with Crippen LogP contribution in [0.4, 0.5) is 0 Å². The maximum atomic E-state index is 5.46. The Morgan fingerprint density at radius 1 is 1.25 bits per heavy atom. The van der Waals surface area contributed by atoms with Crippen molar-refractivity contribution in [1.29, 1.82) is 0 Å². The molecular formula is C9H21NO2. The summed E-state index contributed by atoms with van der Waals surface area (Å²) in [5.41, 5.74) is 5.39. The lowest BCUT2D eigenvalue weighted by Gasteiger charge is -2.16. The van der Waals surface area contributed by atoms with E-state index in [-0.39, 0.29) is 6.29 Å². The van der Waals surface area contributed by atoms with Gasteiger partial charge in [0.15, 0.2) is 6.29 Å². The Balaban J connectivity index is 3.40. The van der Waals surface area contributed by atoms with Crippen LogP contribution in [-0.2, 0) is 9.47 Å². The lowest BCUT2D eigenvalue weighted by Crippen LogP contribution is -2.19. The lowest BCUT2D eigenvalue weighted by atomic mass is 10.3. The third kappa shape index (κ3) is 6.58. The van der Waals surface area contributed by atoms with Gasteiger partial charge in [0, 0.05) is 13.2 Å². The minimum absolute atomic E-state index is 0.0431. The van der Waals surface area contributed by atoms with E-state index in [1.54, 1.807) is 0 Å². The van der Waals surface area contributed by atoms with Crippen LogP contribution < -0.4 is 5.73 Å². The van der Waals surface area contributed by atoms with Crippen LogP contribution in [0.1, 0.15) is 33.1 Å². The fourth-order valence-electron chi connectivity index (χ4n) is 0.934. The molecule has 0 aliphatic heterocycles. The quantitative estimate of drug-likeness (QED) is 0.569. The maximum Gasteiger partial charge on any atom is 0.157 e. The largest absolute Gasteiger partial charge is 0.353 e. The highest BCUT2D eigenvalue weighted by Crippen LogP contribution is 2.03. The van der Waals surface area contributed by atoms with Crippen molar-refractivity contribution >= 4 is 0 Å². The van der Waals surface area contributed by atoms with E-state index in [1.165, 1.54) is 0 Å². The Labute approximate surface area is 75.2 Å². The second-order valence-corrected chi connectivity index (χ2v) is 2.69. The van der Waals surface area contributed by atoms with E-state index in [2.05, 4.69) is 6.92 Å². The molecule has 0 amide bonds. The van der Waals surface area contributed by atoms with Crippen molar-refractivity contribution in [2.75, 3.05) is 19.8 Å². The van der Waals surface area contributed by atoms with Gasteiger partial charge in [-0.1, -0.05) is 6.92 Å². The fraction of sp³-hybridized carbons (Fsp3) is 1.00. The first-order valence-corrected chi connectivity index (χ1v) is 4.78. The predicted octanol–water partition coefficient (Wildman–Crippen LogP) is 1.51. The van der Waals surface area contributed by atoms with Crippen molar-refractivity contribution in [2.24, 2.45) is 5.73 Å². The van der Waals surface area contributed by atoms with Crippen LogP contribution in [0.15, 0.2) is 0 Å². The minimum atomic E-state index is -0.0431. The van der Waals surface area contributed by atoms with Gasteiger partial charge in [0.1, 0.15) is 0 Å². The van der Waals surface area contributed by atoms with Crippen molar-refractivity contribution in [1.82, 2.24) is 0 Å². The SMILES string of the molecule is CCCOC(CCCN)OCC. The van der Waals surface area contributed by atoms with Gasteiger partial charge in [0.05, 0.1) is 0 Å². The second-order valence-electron chi connectivity index (χ2n) is 2.69. The van der Waals surface area contributed by atoms with Crippen LogP contribution in [0.3, 0.4) is 0 Å². The van der Waals surface area contributed by atoms with Crippen LogP contribution in [0.2, 0.25) is 0 Å². The van der Waals surface area contributed by atoms with Crippen LogP contribution in [-0.4, -0.2) is 26.0 Å². The summed E-state index contributed by atoms with van der Waals surface area (Å²) in [5, 5.41) is 0. The summed E-state index contributed by atoms with van der Waals surface area (Å²) in [5.74, 6) is 0. The molecule has 0 aliphatic rings. The number of nitrogens with two attached hydrogens (primary N) is 1. The molecule has 0 bridgehead atoms. The second kappa shape index (κ2) is 8.97. The highest BCUT2D eigenvalue weighted by Gasteiger charge is 2.06. The maximum absolute atomic E-state index is 5.46. The first-order chi connectivity index (χ1) is 5.85.